The molecular weight excluding hydrogens is 404 g/mol. The van der Waals surface area contributed by atoms with E-state index in [0.29, 0.717) is 17.4 Å². The van der Waals surface area contributed by atoms with Crippen LogP contribution in [-0.4, -0.2) is 17.9 Å². The van der Waals surface area contributed by atoms with Crippen LogP contribution >= 0.6 is 23.4 Å². The summed E-state index contributed by atoms with van der Waals surface area (Å²) in [7, 11) is 0. The molecule has 1 N–H and O–H groups in total. The molecule has 0 spiro atoms. The molecule has 0 fully saturated rings. The Morgan fingerprint density at radius 1 is 1.00 bits per heavy atom. The van der Waals surface area contributed by atoms with E-state index in [1.807, 2.05) is 78.9 Å². The highest BCUT2D eigenvalue weighted by molar-refractivity contribution is 7.99. The molecule has 0 aliphatic rings. The Hall–Kier alpha value is -2.76. The third kappa shape index (κ3) is 7.29. The number of hydrogen-bond donors (Lipinski definition) is 1. The third-order valence-electron chi connectivity index (χ3n) is 3.98. The number of amides is 1. The zero-order valence-corrected chi connectivity index (χ0v) is 17.3. The standard InChI is InChI=1S/C23H21ClN2O2S/c24-22-9-5-4-8-20(22)15-28-21-12-10-18(11-13-21)14-25-26-23(27)17-29-16-19-6-2-1-3-7-19/h1-14H,15-17H2,(H,26,27)/b25-14+. The van der Waals surface area contributed by atoms with Crippen LogP contribution in [-0.2, 0) is 17.2 Å². The van der Waals surface area contributed by atoms with E-state index in [1.165, 1.54) is 5.56 Å². The maximum Gasteiger partial charge on any atom is 0.250 e. The summed E-state index contributed by atoms with van der Waals surface area (Å²) in [4.78, 5) is 11.8. The molecule has 3 rings (SSSR count). The molecule has 3 aromatic carbocycles. The molecule has 0 aliphatic carbocycles. The summed E-state index contributed by atoms with van der Waals surface area (Å²) in [5.41, 5.74) is 5.55. The number of halogens is 1. The van der Waals surface area contributed by atoms with Gasteiger partial charge in [0.15, 0.2) is 0 Å². The van der Waals surface area contributed by atoms with Crippen molar-refractivity contribution in [2.75, 3.05) is 5.75 Å². The van der Waals surface area contributed by atoms with Crippen molar-refractivity contribution in [3.05, 3.63) is 101 Å². The van der Waals surface area contributed by atoms with Crippen LogP contribution in [0.2, 0.25) is 5.02 Å². The molecule has 29 heavy (non-hydrogen) atoms. The molecule has 6 heteroatoms. The minimum Gasteiger partial charge on any atom is -0.489 e. The number of benzene rings is 3. The van der Waals surface area contributed by atoms with Crippen molar-refractivity contribution in [1.29, 1.82) is 0 Å². The van der Waals surface area contributed by atoms with Gasteiger partial charge in [0.25, 0.3) is 0 Å². The molecule has 0 aromatic heterocycles. The number of ether oxygens (including phenoxy) is 1. The van der Waals surface area contributed by atoms with Gasteiger partial charge in [0, 0.05) is 16.3 Å². The van der Waals surface area contributed by atoms with Gasteiger partial charge < -0.3 is 4.74 Å². The van der Waals surface area contributed by atoms with Crippen molar-refractivity contribution in [1.82, 2.24) is 5.43 Å². The lowest BCUT2D eigenvalue weighted by Gasteiger charge is -2.07. The lowest BCUT2D eigenvalue weighted by molar-refractivity contribution is -0.118. The smallest absolute Gasteiger partial charge is 0.250 e. The topological polar surface area (TPSA) is 50.7 Å². The monoisotopic (exact) mass is 424 g/mol. The Morgan fingerprint density at radius 2 is 1.72 bits per heavy atom. The molecule has 0 saturated carbocycles. The van der Waals surface area contributed by atoms with Crippen LogP contribution in [0.1, 0.15) is 16.7 Å². The molecule has 0 atom stereocenters. The average molecular weight is 425 g/mol. The van der Waals surface area contributed by atoms with Gasteiger partial charge >= 0.3 is 0 Å². The van der Waals surface area contributed by atoms with Crippen LogP contribution in [0.15, 0.2) is 84.0 Å². The second kappa shape index (κ2) is 11.3. The van der Waals surface area contributed by atoms with Crippen molar-refractivity contribution < 1.29 is 9.53 Å². The van der Waals surface area contributed by atoms with Crippen molar-refractivity contribution in [3.8, 4) is 5.75 Å². The number of rotatable bonds is 9. The third-order valence-corrected chi connectivity index (χ3v) is 5.35. The summed E-state index contributed by atoms with van der Waals surface area (Å²) in [5.74, 6) is 1.78. The number of carbonyl (C=O) groups excluding carboxylic acids is 1. The van der Waals surface area contributed by atoms with Gasteiger partial charge in [-0.05, 0) is 41.5 Å². The molecule has 0 heterocycles. The number of nitrogens with zero attached hydrogens (tertiary/aromatic N) is 1. The summed E-state index contributed by atoms with van der Waals surface area (Å²) < 4.78 is 5.75. The zero-order chi connectivity index (χ0) is 20.3. The van der Waals surface area contributed by atoms with E-state index in [0.717, 1.165) is 22.6 Å². The molecule has 0 saturated heterocycles. The second-order valence-electron chi connectivity index (χ2n) is 6.22. The van der Waals surface area contributed by atoms with Crippen molar-refractivity contribution in [2.24, 2.45) is 5.10 Å². The highest BCUT2D eigenvalue weighted by atomic mass is 35.5. The van der Waals surface area contributed by atoms with Crippen LogP contribution in [0.4, 0.5) is 0 Å². The minimum atomic E-state index is -0.123. The largest absolute Gasteiger partial charge is 0.489 e. The van der Waals surface area contributed by atoms with Crippen LogP contribution in [0.25, 0.3) is 0 Å². The molecule has 0 aliphatic heterocycles. The quantitative estimate of drug-likeness (QED) is 0.374. The molecule has 4 nitrogen and oxygen atoms in total. The second-order valence-corrected chi connectivity index (χ2v) is 7.61. The van der Waals surface area contributed by atoms with Crippen LogP contribution in [0.5, 0.6) is 5.75 Å². The van der Waals surface area contributed by atoms with Crippen LogP contribution in [0.3, 0.4) is 0 Å². The summed E-state index contributed by atoms with van der Waals surface area (Å²) in [6.07, 6.45) is 1.61. The van der Waals surface area contributed by atoms with Crippen LogP contribution in [0, 0.1) is 0 Å². The van der Waals surface area contributed by atoms with E-state index in [9.17, 15) is 4.79 Å². The van der Waals surface area contributed by atoms with Gasteiger partial charge in [-0.2, -0.15) is 5.10 Å². The minimum absolute atomic E-state index is 0.123. The summed E-state index contributed by atoms with van der Waals surface area (Å²) >= 11 is 7.68. The Labute approximate surface area is 179 Å². The molecule has 1 amide bonds. The molecular formula is C23H21ClN2O2S. The van der Waals surface area contributed by atoms with Gasteiger partial charge in [0.05, 0.1) is 12.0 Å². The maximum atomic E-state index is 11.8. The molecule has 3 aromatic rings. The Balaban J connectivity index is 1.39. The van der Waals surface area contributed by atoms with Crippen molar-refractivity contribution in [3.63, 3.8) is 0 Å². The highest BCUT2D eigenvalue weighted by Gasteiger charge is 2.02. The van der Waals surface area contributed by atoms with Gasteiger partial charge in [0.1, 0.15) is 12.4 Å². The van der Waals surface area contributed by atoms with E-state index in [2.05, 4.69) is 10.5 Å². The van der Waals surface area contributed by atoms with E-state index >= 15 is 0 Å². The number of thioether (sulfide) groups is 1. The fourth-order valence-corrected chi connectivity index (χ4v) is 3.44. The first kappa shape index (κ1) is 21.0. The predicted molar refractivity (Wildman–Crippen MR) is 121 cm³/mol. The lowest BCUT2D eigenvalue weighted by atomic mass is 10.2. The zero-order valence-electron chi connectivity index (χ0n) is 15.8. The van der Waals surface area contributed by atoms with Gasteiger partial charge in [0.2, 0.25) is 5.91 Å². The van der Waals surface area contributed by atoms with Gasteiger partial charge in [-0.15, -0.1) is 11.8 Å². The SMILES string of the molecule is O=C(CSCc1ccccc1)N/N=C/c1ccc(OCc2ccccc2Cl)cc1. The Bertz CT molecular complexity index is 947. The van der Waals surface area contributed by atoms with Crippen LogP contribution < -0.4 is 10.2 Å². The lowest BCUT2D eigenvalue weighted by Crippen LogP contribution is -2.19. The van der Waals surface area contributed by atoms with E-state index in [4.69, 9.17) is 16.3 Å². The number of hydrazone groups is 1. The number of nitrogens with one attached hydrogen (secondary N) is 1. The van der Waals surface area contributed by atoms with Gasteiger partial charge in [-0.1, -0.05) is 60.1 Å². The fraction of sp³-hybridized carbons (Fsp3) is 0.130. The maximum absolute atomic E-state index is 11.8. The predicted octanol–water partition coefficient (Wildman–Crippen LogP) is 5.30. The van der Waals surface area contributed by atoms with Crippen molar-refractivity contribution in [2.45, 2.75) is 12.4 Å². The van der Waals surface area contributed by atoms with Gasteiger partial charge in [-0.25, -0.2) is 5.43 Å². The number of carbonyl (C=O) groups is 1. The normalized spacial score (nSPS) is 10.8. The number of hydrogen-bond acceptors (Lipinski definition) is 4. The first-order chi connectivity index (χ1) is 14.2. The van der Waals surface area contributed by atoms with Gasteiger partial charge in [-0.3, -0.25) is 4.79 Å². The van der Waals surface area contributed by atoms with E-state index in [1.54, 1.807) is 18.0 Å². The molecule has 0 bridgehead atoms. The summed E-state index contributed by atoms with van der Waals surface area (Å²) in [6, 6.07) is 25.1. The highest BCUT2D eigenvalue weighted by Crippen LogP contribution is 2.18. The molecule has 0 radical (unpaired) electrons. The van der Waals surface area contributed by atoms with E-state index in [-0.39, 0.29) is 5.91 Å². The van der Waals surface area contributed by atoms with Crippen molar-refractivity contribution >= 4 is 35.5 Å². The Morgan fingerprint density at radius 3 is 2.48 bits per heavy atom. The first-order valence-corrected chi connectivity index (χ1v) is 10.6. The first-order valence-electron chi connectivity index (χ1n) is 9.10. The molecule has 148 valence electrons. The summed E-state index contributed by atoms with van der Waals surface area (Å²) in [6.45, 7) is 0.407. The summed E-state index contributed by atoms with van der Waals surface area (Å²) in [5, 5.41) is 4.69. The Kier molecular flexibility index (Phi) is 8.16. The average Bonchev–Trinajstić information content (AvgIpc) is 2.75. The van der Waals surface area contributed by atoms with E-state index < -0.39 is 0 Å². The molecule has 0 unspecified atom stereocenters. The fourth-order valence-electron chi connectivity index (χ4n) is 2.47.